The molecule has 4 rings (SSSR count). The van der Waals surface area contributed by atoms with Crippen LogP contribution in [0.15, 0.2) is 40.9 Å². The molecular weight excluding hydrogens is 384 g/mol. The Hall–Kier alpha value is -1.92. The van der Waals surface area contributed by atoms with Gasteiger partial charge in [-0.2, -0.15) is 0 Å². The molecule has 132 valence electrons. The van der Waals surface area contributed by atoms with Gasteiger partial charge in [-0.05, 0) is 42.0 Å². The summed E-state index contributed by atoms with van der Waals surface area (Å²) in [5.74, 6) is 2.56. The first-order chi connectivity index (χ1) is 12.2. The van der Waals surface area contributed by atoms with E-state index < -0.39 is 0 Å². The Balaban J connectivity index is 1.37. The fraction of sp³-hybridized carbons (Fsp3) is 0.368. The first-order valence-electron chi connectivity index (χ1n) is 8.42. The molecule has 2 aliphatic rings. The molecule has 2 heterocycles. The van der Waals surface area contributed by atoms with Crippen molar-refractivity contribution in [2.24, 2.45) is 0 Å². The van der Waals surface area contributed by atoms with E-state index in [0.29, 0.717) is 6.79 Å². The summed E-state index contributed by atoms with van der Waals surface area (Å²) in [4.78, 5) is 4.90. The Kier molecular flexibility index (Phi) is 4.72. The van der Waals surface area contributed by atoms with Crippen LogP contribution in [-0.4, -0.2) is 45.0 Å². The van der Waals surface area contributed by atoms with E-state index in [-0.39, 0.29) is 0 Å². The lowest BCUT2D eigenvalue weighted by molar-refractivity contribution is 0.174. The number of hydrogen-bond donors (Lipinski definition) is 0. The molecule has 0 saturated carbocycles. The number of hydrogen-bond acceptors (Lipinski definition) is 5. The molecule has 6 heteroatoms. The molecule has 0 radical (unpaired) electrons. The van der Waals surface area contributed by atoms with Crippen LogP contribution in [0, 0.1) is 0 Å². The van der Waals surface area contributed by atoms with Crippen LogP contribution in [-0.2, 0) is 6.54 Å². The molecule has 0 N–H and O–H groups in total. The van der Waals surface area contributed by atoms with Crippen LogP contribution in [0.1, 0.15) is 5.56 Å². The topological polar surface area (TPSA) is 34.2 Å². The van der Waals surface area contributed by atoms with Gasteiger partial charge in [0.1, 0.15) is 5.75 Å². The van der Waals surface area contributed by atoms with Crippen molar-refractivity contribution in [2.45, 2.75) is 6.54 Å². The lowest BCUT2D eigenvalue weighted by Crippen LogP contribution is -2.46. The van der Waals surface area contributed by atoms with Crippen molar-refractivity contribution in [3.05, 3.63) is 46.4 Å². The summed E-state index contributed by atoms with van der Waals surface area (Å²) in [5, 5.41) is 0. The second-order valence-corrected chi connectivity index (χ2v) is 7.11. The standard InChI is InChI=1S/C19H21BrN2O3/c1-23-16-4-2-15(3-5-16)22-8-6-21(7-9-22)12-14-10-18-19(11-17(14)20)25-13-24-18/h2-5,10-11H,6-9,12-13H2,1H3. The SMILES string of the molecule is COc1ccc(N2CCN(Cc3cc4c(cc3Br)OCO4)CC2)cc1. The third-order valence-corrected chi connectivity index (χ3v) is 5.48. The summed E-state index contributed by atoms with van der Waals surface area (Å²) >= 11 is 3.65. The van der Waals surface area contributed by atoms with Crippen LogP contribution < -0.4 is 19.1 Å². The molecule has 1 saturated heterocycles. The molecule has 0 aromatic heterocycles. The third kappa shape index (κ3) is 3.55. The lowest BCUT2D eigenvalue weighted by atomic mass is 10.1. The molecule has 0 atom stereocenters. The van der Waals surface area contributed by atoms with Crippen LogP contribution in [0.2, 0.25) is 0 Å². The van der Waals surface area contributed by atoms with Crippen molar-refractivity contribution in [1.29, 1.82) is 0 Å². The molecule has 0 spiro atoms. The van der Waals surface area contributed by atoms with Crippen LogP contribution >= 0.6 is 15.9 Å². The van der Waals surface area contributed by atoms with Gasteiger partial charge in [-0.3, -0.25) is 4.90 Å². The monoisotopic (exact) mass is 404 g/mol. The van der Waals surface area contributed by atoms with Crippen LogP contribution in [0.5, 0.6) is 17.2 Å². The molecular formula is C19H21BrN2O3. The molecule has 0 amide bonds. The zero-order valence-electron chi connectivity index (χ0n) is 14.2. The normalized spacial score (nSPS) is 17.0. The van der Waals surface area contributed by atoms with Crippen molar-refractivity contribution in [1.82, 2.24) is 4.90 Å². The Morgan fingerprint density at radius 1 is 1.00 bits per heavy atom. The van der Waals surface area contributed by atoms with E-state index in [1.807, 2.05) is 18.2 Å². The summed E-state index contributed by atoms with van der Waals surface area (Å²) in [6.07, 6.45) is 0. The van der Waals surface area contributed by atoms with E-state index in [1.165, 1.54) is 11.3 Å². The van der Waals surface area contributed by atoms with Gasteiger partial charge in [0.05, 0.1) is 7.11 Å². The van der Waals surface area contributed by atoms with Crippen LogP contribution in [0.4, 0.5) is 5.69 Å². The quantitative estimate of drug-likeness (QED) is 0.778. The Labute approximate surface area is 156 Å². The number of halogens is 1. The van der Waals surface area contributed by atoms with Crippen molar-refractivity contribution < 1.29 is 14.2 Å². The molecule has 0 aliphatic carbocycles. The maximum atomic E-state index is 5.50. The minimum absolute atomic E-state index is 0.311. The number of fused-ring (bicyclic) bond motifs is 1. The van der Waals surface area contributed by atoms with Crippen molar-refractivity contribution in [2.75, 3.05) is 45.0 Å². The second kappa shape index (κ2) is 7.14. The van der Waals surface area contributed by atoms with E-state index in [0.717, 1.165) is 54.4 Å². The molecule has 2 aromatic carbocycles. The van der Waals surface area contributed by atoms with Gasteiger partial charge in [0.25, 0.3) is 0 Å². The first-order valence-corrected chi connectivity index (χ1v) is 9.21. The van der Waals surface area contributed by atoms with E-state index in [2.05, 4.69) is 43.9 Å². The highest BCUT2D eigenvalue weighted by Gasteiger charge is 2.21. The van der Waals surface area contributed by atoms with Gasteiger partial charge >= 0.3 is 0 Å². The largest absolute Gasteiger partial charge is 0.497 e. The van der Waals surface area contributed by atoms with E-state index in [9.17, 15) is 0 Å². The van der Waals surface area contributed by atoms with E-state index in [4.69, 9.17) is 14.2 Å². The number of ether oxygens (including phenoxy) is 3. The Morgan fingerprint density at radius 2 is 1.68 bits per heavy atom. The van der Waals surface area contributed by atoms with E-state index in [1.54, 1.807) is 7.11 Å². The first kappa shape index (κ1) is 16.5. The predicted molar refractivity (Wildman–Crippen MR) is 101 cm³/mol. The molecule has 0 unspecified atom stereocenters. The maximum absolute atomic E-state index is 5.50. The van der Waals surface area contributed by atoms with Crippen LogP contribution in [0.3, 0.4) is 0 Å². The number of rotatable bonds is 4. The van der Waals surface area contributed by atoms with Crippen molar-refractivity contribution in [3.8, 4) is 17.2 Å². The van der Waals surface area contributed by atoms with Gasteiger partial charge in [0, 0.05) is 42.9 Å². The number of nitrogens with zero attached hydrogens (tertiary/aromatic N) is 2. The summed E-state index contributed by atoms with van der Waals surface area (Å²) in [6.45, 7) is 5.34. The Bertz CT molecular complexity index is 743. The summed E-state index contributed by atoms with van der Waals surface area (Å²) in [7, 11) is 1.70. The molecule has 25 heavy (non-hydrogen) atoms. The van der Waals surface area contributed by atoms with Gasteiger partial charge in [0.2, 0.25) is 6.79 Å². The average molecular weight is 405 g/mol. The van der Waals surface area contributed by atoms with Gasteiger partial charge in [-0.1, -0.05) is 15.9 Å². The van der Waals surface area contributed by atoms with E-state index >= 15 is 0 Å². The third-order valence-electron chi connectivity index (χ3n) is 4.75. The zero-order valence-corrected chi connectivity index (χ0v) is 15.8. The Morgan fingerprint density at radius 3 is 2.36 bits per heavy atom. The smallest absolute Gasteiger partial charge is 0.231 e. The average Bonchev–Trinajstić information content (AvgIpc) is 3.10. The lowest BCUT2D eigenvalue weighted by Gasteiger charge is -2.36. The highest BCUT2D eigenvalue weighted by Crippen LogP contribution is 2.37. The van der Waals surface area contributed by atoms with Crippen molar-refractivity contribution >= 4 is 21.6 Å². The maximum Gasteiger partial charge on any atom is 0.231 e. The second-order valence-electron chi connectivity index (χ2n) is 6.26. The summed E-state index contributed by atoms with van der Waals surface area (Å²) < 4.78 is 17.2. The minimum atomic E-state index is 0.311. The van der Waals surface area contributed by atoms with Gasteiger partial charge in [-0.15, -0.1) is 0 Å². The fourth-order valence-corrected chi connectivity index (χ4v) is 3.73. The van der Waals surface area contributed by atoms with Gasteiger partial charge in [-0.25, -0.2) is 0 Å². The highest BCUT2D eigenvalue weighted by molar-refractivity contribution is 9.10. The van der Waals surface area contributed by atoms with Gasteiger partial charge < -0.3 is 19.1 Å². The molecule has 2 aliphatic heterocycles. The molecule has 2 aromatic rings. The fourth-order valence-electron chi connectivity index (χ4n) is 3.28. The molecule has 5 nitrogen and oxygen atoms in total. The summed E-state index contributed by atoms with van der Waals surface area (Å²) in [6, 6.07) is 12.4. The van der Waals surface area contributed by atoms with Crippen molar-refractivity contribution in [3.63, 3.8) is 0 Å². The number of methoxy groups -OCH3 is 1. The zero-order chi connectivity index (χ0) is 17.2. The number of piperazine rings is 1. The molecule has 0 bridgehead atoms. The van der Waals surface area contributed by atoms with Gasteiger partial charge in [0.15, 0.2) is 11.5 Å². The predicted octanol–water partition coefficient (Wildman–Crippen LogP) is 3.51. The highest BCUT2D eigenvalue weighted by atomic mass is 79.9. The minimum Gasteiger partial charge on any atom is -0.497 e. The molecule has 1 fully saturated rings. The number of benzene rings is 2. The summed E-state index contributed by atoms with van der Waals surface area (Å²) in [5.41, 5.74) is 2.49. The van der Waals surface area contributed by atoms with Crippen LogP contribution in [0.25, 0.3) is 0 Å². The number of anilines is 1.